The van der Waals surface area contributed by atoms with E-state index in [1.807, 2.05) is 12.1 Å². The van der Waals surface area contributed by atoms with E-state index in [1.165, 1.54) is 17.7 Å². The Labute approximate surface area is 159 Å². The fourth-order valence-corrected chi connectivity index (χ4v) is 3.46. The third-order valence-corrected chi connectivity index (χ3v) is 5.06. The number of hydrogen-bond acceptors (Lipinski definition) is 4. The zero-order valence-corrected chi connectivity index (χ0v) is 15.9. The molecular weight excluding hydrogens is 347 g/mol. The van der Waals surface area contributed by atoms with E-state index >= 15 is 0 Å². The fraction of sp³-hybridized carbons (Fsp3) is 0.381. The van der Waals surface area contributed by atoms with Crippen molar-refractivity contribution < 1.29 is 18.7 Å². The second-order valence-corrected chi connectivity index (χ2v) is 6.71. The molecular formula is C21H25FN2O3. The number of benzene rings is 2. The van der Waals surface area contributed by atoms with Gasteiger partial charge in [0.1, 0.15) is 5.82 Å². The Morgan fingerprint density at radius 2 is 1.85 bits per heavy atom. The number of hydrogen-bond donors (Lipinski definition) is 1. The lowest BCUT2D eigenvalue weighted by Crippen LogP contribution is -2.41. The average molecular weight is 372 g/mol. The van der Waals surface area contributed by atoms with Crippen molar-refractivity contribution >= 4 is 5.91 Å². The number of methoxy groups -OCH3 is 2. The van der Waals surface area contributed by atoms with Crippen molar-refractivity contribution in [3.63, 3.8) is 0 Å². The van der Waals surface area contributed by atoms with Crippen LogP contribution in [0.4, 0.5) is 4.39 Å². The highest BCUT2D eigenvalue weighted by atomic mass is 19.1. The lowest BCUT2D eigenvalue weighted by atomic mass is 9.93. The molecule has 1 aliphatic heterocycles. The number of carbonyl (C=O) groups excluding carboxylic acids is 1. The molecule has 144 valence electrons. The van der Waals surface area contributed by atoms with Crippen LogP contribution in [0.2, 0.25) is 0 Å². The van der Waals surface area contributed by atoms with Crippen molar-refractivity contribution in [2.24, 2.45) is 0 Å². The van der Waals surface area contributed by atoms with E-state index in [1.54, 1.807) is 26.4 Å². The normalized spacial score (nSPS) is 16.5. The molecule has 1 heterocycles. The van der Waals surface area contributed by atoms with Crippen LogP contribution in [-0.4, -0.2) is 38.1 Å². The van der Waals surface area contributed by atoms with Crippen LogP contribution in [0.3, 0.4) is 0 Å². The summed E-state index contributed by atoms with van der Waals surface area (Å²) >= 11 is 0. The van der Waals surface area contributed by atoms with Gasteiger partial charge in [0.05, 0.1) is 20.8 Å². The van der Waals surface area contributed by atoms with Gasteiger partial charge in [-0.3, -0.25) is 9.69 Å². The lowest BCUT2D eigenvalue weighted by Gasteiger charge is -2.35. The average Bonchev–Trinajstić information content (AvgIpc) is 2.69. The maximum atomic E-state index is 12.9. The fourth-order valence-electron chi connectivity index (χ4n) is 3.46. The minimum Gasteiger partial charge on any atom is -0.493 e. The highest BCUT2D eigenvalue weighted by Crippen LogP contribution is 2.37. The molecule has 27 heavy (non-hydrogen) atoms. The minimum absolute atomic E-state index is 0.0462. The van der Waals surface area contributed by atoms with Gasteiger partial charge in [-0.1, -0.05) is 12.1 Å². The van der Waals surface area contributed by atoms with Crippen LogP contribution < -0.4 is 14.8 Å². The Bertz CT molecular complexity index is 808. The molecule has 0 aliphatic carbocycles. The molecule has 1 amide bonds. The van der Waals surface area contributed by atoms with Crippen molar-refractivity contribution in [1.82, 2.24) is 10.2 Å². The molecule has 1 unspecified atom stereocenters. The molecule has 5 nitrogen and oxygen atoms in total. The van der Waals surface area contributed by atoms with Crippen molar-refractivity contribution in [3.05, 3.63) is 58.9 Å². The molecule has 0 saturated heterocycles. The van der Waals surface area contributed by atoms with Crippen LogP contribution in [0, 0.1) is 5.82 Å². The molecule has 0 fully saturated rings. The molecule has 0 aromatic heterocycles. The molecule has 6 heteroatoms. The van der Waals surface area contributed by atoms with Crippen LogP contribution >= 0.6 is 0 Å². The third kappa shape index (κ3) is 4.39. The topological polar surface area (TPSA) is 50.8 Å². The van der Waals surface area contributed by atoms with Crippen LogP contribution in [0.25, 0.3) is 0 Å². The Morgan fingerprint density at radius 1 is 1.19 bits per heavy atom. The molecule has 2 aromatic carbocycles. The first kappa shape index (κ1) is 19.2. The molecule has 0 radical (unpaired) electrons. The first-order valence-electron chi connectivity index (χ1n) is 9.01. The third-order valence-electron chi connectivity index (χ3n) is 5.06. The number of fused-ring (bicyclic) bond motifs is 1. The number of ether oxygens (including phenoxy) is 2. The van der Waals surface area contributed by atoms with Crippen LogP contribution in [-0.2, 0) is 17.8 Å². The molecule has 0 bridgehead atoms. The maximum Gasteiger partial charge on any atom is 0.234 e. The standard InChI is InChI=1S/C21H25FN2O3/c1-14-18-11-20(27-3)19(26-2)10-16(18)8-9-24(14)13-21(25)23-12-15-4-6-17(22)7-5-15/h4-7,10-11,14H,8-9,12-13H2,1-3H3,(H,23,25). The van der Waals surface area contributed by atoms with Gasteiger partial charge in [-0.25, -0.2) is 4.39 Å². The van der Waals surface area contributed by atoms with E-state index in [-0.39, 0.29) is 17.8 Å². The molecule has 0 saturated carbocycles. The van der Waals surface area contributed by atoms with Gasteiger partial charge in [0.25, 0.3) is 0 Å². The zero-order valence-electron chi connectivity index (χ0n) is 15.9. The molecule has 1 atom stereocenters. The maximum absolute atomic E-state index is 12.9. The number of nitrogens with one attached hydrogen (secondary N) is 1. The van der Waals surface area contributed by atoms with E-state index in [0.29, 0.717) is 18.8 Å². The van der Waals surface area contributed by atoms with Gasteiger partial charge < -0.3 is 14.8 Å². The first-order chi connectivity index (χ1) is 13.0. The van der Waals surface area contributed by atoms with Crippen molar-refractivity contribution in [1.29, 1.82) is 0 Å². The van der Waals surface area contributed by atoms with Gasteiger partial charge in [0.2, 0.25) is 5.91 Å². The second-order valence-electron chi connectivity index (χ2n) is 6.71. The SMILES string of the molecule is COc1cc2c(cc1OC)C(C)N(CC(=O)NCc1ccc(F)cc1)CC2. The molecule has 1 aliphatic rings. The summed E-state index contributed by atoms with van der Waals surface area (Å²) in [5.74, 6) is 1.10. The van der Waals surface area contributed by atoms with Gasteiger partial charge >= 0.3 is 0 Å². The Hall–Kier alpha value is -2.60. The largest absolute Gasteiger partial charge is 0.493 e. The van der Waals surface area contributed by atoms with Gasteiger partial charge in [0, 0.05) is 19.1 Å². The second kappa shape index (κ2) is 8.39. The van der Waals surface area contributed by atoms with Crippen LogP contribution in [0.1, 0.15) is 29.7 Å². The molecule has 1 N–H and O–H groups in total. The van der Waals surface area contributed by atoms with Gasteiger partial charge in [-0.2, -0.15) is 0 Å². The summed E-state index contributed by atoms with van der Waals surface area (Å²) in [5.41, 5.74) is 3.26. The van der Waals surface area contributed by atoms with Crippen LogP contribution in [0.5, 0.6) is 11.5 Å². The highest BCUT2D eigenvalue weighted by molar-refractivity contribution is 5.78. The number of amides is 1. The Morgan fingerprint density at radius 3 is 2.52 bits per heavy atom. The summed E-state index contributed by atoms with van der Waals surface area (Å²) in [6.07, 6.45) is 0.852. The minimum atomic E-state index is -0.280. The lowest BCUT2D eigenvalue weighted by molar-refractivity contribution is -0.123. The summed E-state index contributed by atoms with van der Waals surface area (Å²) in [5, 5.41) is 2.90. The predicted octanol–water partition coefficient (Wildman–Crippen LogP) is 3.08. The summed E-state index contributed by atoms with van der Waals surface area (Å²) in [7, 11) is 3.26. The first-order valence-corrected chi connectivity index (χ1v) is 9.01. The quantitative estimate of drug-likeness (QED) is 0.847. The van der Waals surface area contributed by atoms with E-state index in [4.69, 9.17) is 9.47 Å². The number of nitrogens with zero attached hydrogens (tertiary/aromatic N) is 1. The highest BCUT2D eigenvalue weighted by Gasteiger charge is 2.27. The Kier molecular flexibility index (Phi) is 5.96. The van der Waals surface area contributed by atoms with E-state index in [9.17, 15) is 9.18 Å². The van der Waals surface area contributed by atoms with Gasteiger partial charge in [-0.15, -0.1) is 0 Å². The summed E-state index contributed by atoms with van der Waals surface area (Å²) in [6, 6.07) is 10.3. The summed E-state index contributed by atoms with van der Waals surface area (Å²) < 4.78 is 23.7. The van der Waals surface area contributed by atoms with Gasteiger partial charge in [-0.05, 0) is 54.3 Å². The molecule has 2 aromatic rings. The smallest absolute Gasteiger partial charge is 0.234 e. The monoisotopic (exact) mass is 372 g/mol. The molecule has 0 spiro atoms. The number of rotatable bonds is 6. The summed E-state index contributed by atoms with van der Waals surface area (Å²) in [4.78, 5) is 14.5. The van der Waals surface area contributed by atoms with E-state index in [2.05, 4.69) is 17.1 Å². The predicted molar refractivity (Wildman–Crippen MR) is 101 cm³/mol. The number of carbonyl (C=O) groups is 1. The molecule has 3 rings (SSSR count). The van der Waals surface area contributed by atoms with Gasteiger partial charge in [0.15, 0.2) is 11.5 Å². The zero-order chi connectivity index (χ0) is 19.4. The van der Waals surface area contributed by atoms with E-state index < -0.39 is 0 Å². The summed E-state index contributed by atoms with van der Waals surface area (Å²) in [6.45, 7) is 3.60. The van der Waals surface area contributed by atoms with Crippen molar-refractivity contribution in [2.75, 3.05) is 27.3 Å². The van der Waals surface area contributed by atoms with E-state index in [0.717, 1.165) is 29.8 Å². The number of halogens is 1. The van der Waals surface area contributed by atoms with Crippen molar-refractivity contribution in [3.8, 4) is 11.5 Å². The Balaban J connectivity index is 1.63. The van der Waals surface area contributed by atoms with Crippen molar-refractivity contribution in [2.45, 2.75) is 25.9 Å². The van der Waals surface area contributed by atoms with Crippen LogP contribution in [0.15, 0.2) is 36.4 Å².